The Kier molecular flexibility index (Phi) is 3.20. The Bertz CT molecular complexity index is 444. The van der Waals surface area contributed by atoms with Gasteiger partial charge in [-0.25, -0.2) is 10.8 Å². The van der Waals surface area contributed by atoms with Crippen LogP contribution < -0.4 is 21.5 Å². The van der Waals surface area contributed by atoms with E-state index in [-0.39, 0.29) is 0 Å². The predicted octanol–water partition coefficient (Wildman–Crippen LogP) is -0.780. The molecule has 7 nitrogen and oxygen atoms in total. The smallest absolute Gasteiger partial charge is 0.323 e. The van der Waals surface area contributed by atoms with Gasteiger partial charge in [-0.2, -0.15) is 0 Å². The number of aromatic nitrogens is 1. The van der Waals surface area contributed by atoms with E-state index in [1.807, 2.05) is 6.07 Å². The largest absolute Gasteiger partial charge is 0.356 e. The average Bonchev–Trinajstić information content (AvgIpc) is 2.26. The van der Waals surface area contributed by atoms with E-state index >= 15 is 0 Å². The maximum absolute atomic E-state index is 11.3. The minimum absolute atomic E-state index is 0.336. The van der Waals surface area contributed by atoms with Crippen molar-refractivity contribution in [3.05, 3.63) is 18.2 Å². The van der Waals surface area contributed by atoms with Crippen molar-refractivity contribution in [2.24, 2.45) is 5.84 Å². The maximum Gasteiger partial charge on any atom is 0.323 e. The highest BCUT2D eigenvalue weighted by Crippen LogP contribution is 2.19. The Hall–Kier alpha value is -2.15. The topological polar surface area (TPSA) is 100 Å². The quantitative estimate of drug-likeness (QED) is 0.270. The molecular weight excluding hydrogens is 222 g/mol. The van der Waals surface area contributed by atoms with Crippen LogP contribution in [-0.2, 0) is 9.59 Å². The standard InChI is InChI=1S/C10H13N5O2/c11-14-10(17)9(16)13-7-3-1-4-8(12-7)15-5-2-6-15/h1,3-4H,2,5-6,11H2,(H,14,17)(H,12,13,16). The molecule has 0 unspecified atom stereocenters. The Morgan fingerprint density at radius 1 is 1.29 bits per heavy atom. The number of nitrogens with zero attached hydrogens (tertiary/aromatic N) is 2. The van der Waals surface area contributed by atoms with Crippen LogP contribution in [0.2, 0.25) is 0 Å². The van der Waals surface area contributed by atoms with Gasteiger partial charge in [0.1, 0.15) is 11.6 Å². The second-order valence-corrected chi connectivity index (χ2v) is 3.65. The minimum atomic E-state index is -0.902. The molecule has 7 heteroatoms. The third-order valence-corrected chi connectivity index (χ3v) is 2.49. The van der Waals surface area contributed by atoms with Crippen molar-refractivity contribution < 1.29 is 9.59 Å². The van der Waals surface area contributed by atoms with E-state index in [2.05, 4.69) is 15.2 Å². The van der Waals surface area contributed by atoms with E-state index in [4.69, 9.17) is 5.84 Å². The van der Waals surface area contributed by atoms with Crippen molar-refractivity contribution in [3.8, 4) is 0 Å². The molecule has 1 aliphatic rings. The first kappa shape index (κ1) is 11.3. The number of hydrogen-bond donors (Lipinski definition) is 3. The van der Waals surface area contributed by atoms with E-state index in [0.29, 0.717) is 5.82 Å². The van der Waals surface area contributed by atoms with Crippen LogP contribution >= 0.6 is 0 Å². The summed E-state index contributed by atoms with van der Waals surface area (Å²) in [5.74, 6) is 4.24. The third kappa shape index (κ3) is 2.51. The summed E-state index contributed by atoms with van der Waals surface area (Å²) in [6, 6.07) is 5.25. The Morgan fingerprint density at radius 2 is 2.06 bits per heavy atom. The summed E-state index contributed by atoms with van der Waals surface area (Å²) < 4.78 is 0. The van der Waals surface area contributed by atoms with Crippen LogP contribution in [0.1, 0.15) is 6.42 Å². The molecule has 1 aliphatic heterocycles. The Balaban J connectivity index is 2.05. The number of hydrazine groups is 1. The summed E-state index contributed by atoms with van der Waals surface area (Å²) in [5, 5.41) is 2.37. The molecular formula is C10H13N5O2. The van der Waals surface area contributed by atoms with E-state index < -0.39 is 11.8 Å². The van der Waals surface area contributed by atoms with Crippen molar-refractivity contribution in [2.75, 3.05) is 23.3 Å². The van der Waals surface area contributed by atoms with Gasteiger partial charge in [-0.05, 0) is 18.6 Å². The molecule has 0 atom stereocenters. The van der Waals surface area contributed by atoms with Gasteiger partial charge in [-0.15, -0.1) is 0 Å². The number of pyridine rings is 1. The molecule has 2 heterocycles. The van der Waals surface area contributed by atoms with Gasteiger partial charge in [-0.3, -0.25) is 15.0 Å². The van der Waals surface area contributed by atoms with Crippen LogP contribution in [0.3, 0.4) is 0 Å². The van der Waals surface area contributed by atoms with E-state index in [1.165, 1.54) is 0 Å². The van der Waals surface area contributed by atoms with Crippen LogP contribution in [0.4, 0.5) is 11.6 Å². The van der Waals surface area contributed by atoms with Gasteiger partial charge in [0.15, 0.2) is 0 Å². The van der Waals surface area contributed by atoms with Gasteiger partial charge < -0.3 is 10.2 Å². The number of nitrogens with one attached hydrogen (secondary N) is 2. The first-order valence-corrected chi connectivity index (χ1v) is 5.24. The van der Waals surface area contributed by atoms with Gasteiger partial charge in [-0.1, -0.05) is 6.07 Å². The maximum atomic E-state index is 11.3. The second kappa shape index (κ2) is 4.79. The van der Waals surface area contributed by atoms with Crippen LogP contribution in [0, 0.1) is 0 Å². The number of rotatable bonds is 2. The average molecular weight is 235 g/mol. The van der Waals surface area contributed by atoms with Crippen LogP contribution in [0.25, 0.3) is 0 Å². The van der Waals surface area contributed by atoms with Gasteiger partial charge in [0.05, 0.1) is 0 Å². The lowest BCUT2D eigenvalue weighted by atomic mass is 10.2. The molecule has 0 radical (unpaired) electrons. The van der Waals surface area contributed by atoms with Crippen LogP contribution in [0.15, 0.2) is 18.2 Å². The molecule has 0 saturated carbocycles. The number of nitrogens with two attached hydrogens (primary N) is 1. The zero-order valence-electron chi connectivity index (χ0n) is 9.14. The normalized spacial score (nSPS) is 13.8. The Labute approximate surface area is 98.0 Å². The molecule has 0 spiro atoms. The van der Waals surface area contributed by atoms with Crippen molar-refractivity contribution in [2.45, 2.75) is 6.42 Å². The van der Waals surface area contributed by atoms with Gasteiger partial charge in [0, 0.05) is 13.1 Å². The molecule has 90 valence electrons. The summed E-state index contributed by atoms with van der Waals surface area (Å²) in [6.45, 7) is 1.93. The predicted molar refractivity (Wildman–Crippen MR) is 62.0 cm³/mol. The lowest BCUT2D eigenvalue weighted by Gasteiger charge is -2.32. The zero-order chi connectivity index (χ0) is 12.3. The summed E-state index contributed by atoms with van der Waals surface area (Å²) in [4.78, 5) is 28.5. The van der Waals surface area contributed by atoms with Crippen LogP contribution in [0.5, 0.6) is 0 Å². The Morgan fingerprint density at radius 3 is 2.65 bits per heavy atom. The van der Waals surface area contributed by atoms with Gasteiger partial charge in [0.25, 0.3) is 0 Å². The minimum Gasteiger partial charge on any atom is -0.356 e. The molecule has 0 aliphatic carbocycles. The highest BCUT2D eigenvalue weighted by atomic mass is 16.2. The van der Waals surface area contributed by atoms with Gasteiger partial charge in [0.2, 0.25) is 0 Å². The van der Waals surface area contributed by atoms with E-state index in [1.54, 1.807) is 17.6 Å². The fourth-order valence-corrected chi connectivity index (χ4v) is 1.45. The molecule has 4 N–H and O–H groups in total. The monoisotopic (exact) mass is 235 g/mol. The summed E-state index contributed by atoms with van der Waals surface area (Å²) >= 11 is 0. The molecule has 2 rings (SSSR count). The van der Waals surface area contributed by atoms with Crippen molar-refractivity contribution in [1.29, 1.82) is 0 Å². The highest BCUT2D eigenvalue weighted by Gasteiger charge is 2.17. The number of carbonyl (C=O) groups is 2. The number of carbonyl (C=O) groups excluding carboxylic acids is 2. The van der Waals surface area contributed by atoms with Gasteiger partial charge >= 0.3 is 11.8 Å². The number of hydrogen-bond acceptors (Lipinski definition) is 5. The fourth-order valence-electron chi connectivity index (χ4n) is 1.45. The van der Waals surface area contributed by atoms with Crippen molar-refractivity contribution in [1.82, 2.24) is 10.4 Å². The molecule has 1 fully saturated rings. The van der Waals surface area contributed by atoms with Crippen molar-refractivity contribution >= 4 is 23.5 Å². The fraction of sp³-hybridized carbons (Fsp3) is 0.300. The summed E-state index contributed by atoms with van der Waals surface area (Å²) in [7, 11) is 0. The van der Waals surface area contributed by atoms with E-state index in [9.17, 15) is 9.59 Å². The molecule has 0 aromatic carbocycles. The first-order chi connectivity index (χ1) is 8.20. The van der Waals surface area contributed by atoms with Crippen molar-refractivity contribution in [3.63, 3.8) is 0 Å². The SMILES string of the molecule is NNC(=O)C(=O)Nc1cccc(N2CCC2)n1. The molecule has 0 bridgehead atoms. The lowest BCUT2D eigenvalue weighted by Crippen LogP contribution is -2.40. The molecule has 2 amide bonds. The lowest BCUT2D eigenvalue weighted by molar-refractivity contribution is -0.136. The number of amides is 2. The van der Waals surface area contributed by atoms with Crippen LogP contribution in [-0.4, -0.2) is 29.9 Å². The highest BCUT2D eigenvalue weighted by molar-refractivity contribution is 6.39. The second-order valence-electron chi connectivity index (χ2n) is 3.65. The van der Waals surface area contributed by atoms with E-state index in [0.717, 1.165) is 25.3 Å². The number of anilines is 2. The summed E-state index contributed by atoms with van der Waals surface area (Å²) in [5.41, 5.74) is 1.76. The third-order valence-electron chi connectivity index (χ3n) is 2.49. The molecule has 17 heavy (non-hydrogen) atoms. The first-order valence-electron chi connectivity index (χ1n) is 5.24. The zero-order valence-corrected chi connectivity index (χ0v) is 9.14. The molecule has 1 saturated heterocycles. The molecule has 1 aromatic rings. The molecule has 1 aromatic heterocycles. The summed E-state index contributed by atoms with van der Waals surface area (Å²) in [6.07, 6.45) is 1.15.